The zero-order valence-electron chi connectivity index (χ0n) is 21.7. The van der Waals surface area contributed by atoms with Gasteiger partial charge in [-0.25, -0.2) is 9.48 Å². The van der Waals surface area contributed by atoms with Gasteiger partial charge >= 0.3 is 6.09 Å². The lowest BCUT2D eigenvalue weighted by atomic mass is 9.86. The highest BCUT2D eigenvalue weighted by atomic mass is 16.5. The number of pyridine rings is 1. The van der Waals surface area contributed by atoms with E-state index in [1.165, 1.54) is 12.7 Å². The van der Waals surface area contributed by atoms with Crippen LogP contribution in [0.1, 0.15) is 30.1 Å². The van der Waals surface area contributed by atoms with Crippen LogP contribution in [0, 0.1) is 12.8 Å². The number of benzene rings is 2. The fourth-order valence-electron chi connectivity index (χ4n) is 5.75. The number of hydrogen-bond acceptors (Lipinski definition) is 6. The van der Waals surface area contributed by atoms with Crippen molar-refractivity contribution < 1.29 is 14.3 Å². The Bertz CT molecular complexity index is 1600. The van der Waals surface area contributed by atoms with E-state index in [4.69, 9.17) is 14.5 Å². The summed E-state index contributed by atoms with van der Waals surface area (Å²) in [6.45, 7) is 3.44. The molecule has 1 amide bonds. The number of fused-ring (bicyclic) bond motifs is 3. The third kappa shape index (κ3) is 4.18. The monoisotopic (exact) mass is 510 g/mol. The van der Waals surface area contributed by atoms with Crippen molar-refractivity contribution in [3.05, 3.63) is 72.1 Å². The van der Waals surface area contributed by atoms with E-state index in [1.807, 2.05) is 44.4 Å². The van der Waals surface area contributed by atoms with Gasteiger partial charge in [-0.1, -0.05) is 35.5 Å². The first-order chi connectivity index (χ1) is 18.5. The standard InChI is InChI=1S/C29H30N6O3/c1-18-27(34(2)33-32-18)21-15-25-26(30-17-21)23-10-9-22(31-29(36)37-3)16-24(23)35(25)28(19-7-5-4-6-8-19)20-11-13-38-14-12-20/h4-10,15-17,20,28H,11-14H2,1-3H3,(H,31,36)/t28-/m1/s1. The average Bonchev–Trinajstić information content (AvgIpc) is 3.45. The molecule has 1 N–H and O–H groups in total. The SMILES string of the molecule is COC(=O)Nc1ccc2c3ncc(-c4c(C)nnn4C)cc3n([C@H](c3ccccc3)C3CCOCC3)c2c1. The molecule has 0 radical (unpaired) electrons. The van der Waals surface area contributed by atoms with E-state index in [0.29, 0.717) is 11.6 Å². The number of nitrogens with one attached hydrogen (secondary N) is 1. The van der Waals surface area contributed by atoms with Gasteiger partial charge in [-0.15, -0.1) is 5.10 Å². The van der Waals surface area contributed by atoms with Crippen molar-refractivity contribution in [2.75, 3.05) is 25.6 Å². The second-order valence-corrected chi connectivity index (χ2v) is 9.76. The number of ether oxygens (including phenoxy) is 2. The fraction of sp³-hybridized carbons (Fsp3) is 0.310. The molecule has 1 saturated heterocycles. The van der Waals surface area contributed by atoms with Gasteiger partial charge in [0.1, 0.15) is 0 Å². The lowest BCUT2D eigenvalue weighted by Crippen LogP contribution is -2.27. The number of carbonyl (C=O) groups is 1. The van der Waals surface area contributed by atoms with E-state index < -0.39 is 6.09 Å². The maximum Gasteiger partial charge on any atom is 0.411 e. The van der Waals surface area contributed by atoms with Crippen molar-refractivity contribution in [1.29, 1.82) is 0 Å². The minimum atomic E-state index is -0.504. The number of carbonyl (C=O) groups excluding carboxylic acids is 1. The maximum atomic E-state index is 12.0. The predicted molar refractivity (Wildman–Crippen MR) is 146 cm³/mol. The molecule has 0 aliphatic carbocycles. The third-order valence-corrected chi connectivity index (χ3v) is 7.47. The Hall–Kier alpha value is -4.24. The molecule has 3 aromatic heterocycles. The highest BCUT2D eigenvalue weighted by molar-refractivity contribution is 6.08. The molecule has 0 saturated carbocycles. The maximum absolute atomic E-state index is 12.0. The van der Waals surface area contributed by atoms with Gasteiger partial charge in [0, 0.05) is 43.1 Å². The van der Waals surface area contributed by atoms with Crippen LogP contribution in [0.4, 0.5) is 10.5 Å². The van der Waals surface area contributed by atoms with Gasteiger partial charge in [-0.3, -0.25) is 10.3 Å². The molecule has 194 valence electrons. The van der Waals surface area contributed by atoms with Gasteiger partial charge < -0.3 is 14.0 Å². The molecule has 1 fully saturated rings. The molecule has 4 heterocycles. The Morgan fingerprint density at radius 2 is 1.89 bits per heavy atom. The summed E-state index contributed by atoms with van der Waals surface area (Å²) >= 11 is 0. The lowest BCUT2D eigenvalue weighted by Gasteiger charge is -2.33. The summed E-state index contributed by atoms with van der Waals surface area (Å²) in [5, 5.41) is 12.3. The van der Waals surface area contributed by atoms with Crippen LogP contribution in [-0.2, 0) is 16.5 Å². The molecule has 0 unspecified atom stereocenters. The zero-order valence-corrected chi connectivity index (χ0v) is 21.7. The lowest BCUT2D eigenvalue weighted by molar-refractivity contribution is 0.0553. The molecule has 5 aromatic rings. The number of aryl methyl sites for hydroxylation is 2. The van der Waals surface area contributed by atoms with Gasteiger partial charge in [-0.05, 0) is 55.5 Å². The largest absolute Gasteiger partial charge is 0.453 e. The summed E-state index contributed by atoms with van der Waals surface area (Å²) in [5.74, 6) is 0.367. The highest BCUT2D eigenvalue weighted by Gasteiger charge is 2.30. The molecule has 38 heavy (non-hydrogen) atoms. The normalized spacial score (nSPS) is 15.1. The summed E-state index contributed by atoms with van der Waals surface area (Å²) in [6.07, 6.45) is 3.30. The van der Waals surface area contributed by atoms with Gasteiger partial charge in [0.05, 0.1) is 41.1 Å². The molecule has 9 nitrogen and oxygen atoms in total. The van der Waals surface area contributed by atoms with E-state index in [9.17, 15) is 4.79 Å². The zero-order chi connectivity index (χ0) is 26.2. The van der Waals surface area contributed by atoms with Gasteiger partial charge in [-0.2, -0.15) is 0 Å². The molecular weight excluding hydrogens is 480 g/mol. The van der Waals surface area contributed by atoms with Crippen molar-refractivity contribution in [3.63, 3.8) is 0 Å². The molecule has 9 heteroatoms. The van der Waals surface area contributed by atoms with E-state index >= 15 is 0 Å². The van der Waals surface area contributed by atoms with Gasteiger partial charge in [0.15, 0.2) is 0 Å². The molecule has 0 spiro atoms. The minimum Gasteiger partial charge on any atom is -0.453 e. The summed E-state index contributed by atoms with van der Waals surface area (Å²) in [5.41, 5.74) is 7.57. The van der Waals surface area contributed by atoms with Crippen LogP contribution in [-0.4, -0.2) is 51.0 Å². The van der Waals surface area contributed by atoms with Crippen LogP contribution in [0.5, 0.6) is 0 Å². The number of nitrogens with zero attached hydrogens (tertiary/aromatic N) is 5. The Morgan fingerprint density at radius 3 is 2.61 bits per heavy atom. The molecule has 2 aromatic carbocycles. The van der Waals surface area contributed by atoms with E-state index in [-0.39, 0.29) is 6.04 Å². The number of hydrogen-bond donors (Lipinski definition) is 1. The van der Waals surface area contributed by atoms with E-state index in [1.54, 1.807) is 4.68 Å². The number of anilines is 1. The molecular formula is C29H30N6O3. The van der Waals surface area contributed by atoms with Crippen LogP contribution >= 0.6 is 0 Å². The summed E-state index contributed by atoms with van der Waals surface area (Å²) in [4.78, 5) is 17.0. The quantitative estimate of drug-likeness (QED) is 0.336. The highest BCUT2D eigenvalue weighted by Crippen LogP contribution is 2.41. The number of rotatable bonds is 5. The van der Waals surface area contributed by atoms with Gasteiger partial charge in [0.25, 0.3) is 0 Å². The van der Waals surface area contributed by atoms with Crippen LogP contribution < -0.4 is 5.32 Å². The fourth-order valence-corrected chi connectivity index (χ4v) is 5.75. The smallest absolute Gasteiger partial charge is 0.411 e. The van der Waals surface area contributed by atoms with E-state index in [0.717, 1.165) is 64.9 Å². The average molecular weight is 511 g/mol. The number of methoxy groups -OCH3 is 1. The molecule has 1 aliphatic rings. The van der Waals surface area contributed by atoms with E-state index in [2.05, 4.69) is 50.5 Å². The van der Waals surface area contributed by atoms with Crippen molar-refractivity contribution in [2.45, 2.75) is 25.8 Å². The van der Waals surface area contributed by atoms with Crippen LogP contribution in [0.25, 0.3) is 33.2 Å². The first kappa shape index (κ1) is 24.1. The first-order valence-electron chi connectivity index (χ1n) is 12.8. The Labute approximate surface area is 220 Å². The molecule has 6 rings (SSSR count). The Balaban J connectivity index is 1.65. The third-order valence-electron chi connectivity index (χ3n) is 7.47. The van der Waals surface area contributed by atoms with Crippen molar-refractivity contribution in [2.24, 2.45) is 13.0 Å². The Kier molecular flexibility index (Phi) is 6.29. The topological polar surface area (TPSA) is 96.1 Å². The number of aromatic nitrogens is 5. The summed E-state index contributed by atoms with van der Waals surface area (Å²) < 4.78 is 14.8. The molecule has 1 atom stereocenters. The van der Waals surface area contributed by atoms with Crippen LogP contribution in [0.3, 0.4) is 0 Å². The van der Waals surface area contributed by atoms with Crippen molar-refractivity contribution in [3.8, 4) is 11.3 Å². The molecule has 0 bridgehead atoms. The van der Waals surface area contributed by atoms with Gasteiger partial charge in [0.2, 0.25) is 0 Å². The van der Waals surface area contributed by atoms with Crippen molar-refractivity contribution in [1.82, 2.24) is 24.5 Å². The van der Waals surface area contributed by atoms with Crippen LogP contribution in [0.15, 0.2) is 60.8 Å². The second-order valence-electron chi connectivity index (χ2n) is 9.76. The summed E-state index contributed by atoms with van der Waals surface area (Å²) in [7, 11) is 3.26. The summed E-state index contributed by atoms with van der Waals surface area (Å²) in [6, 6.07) is 18.8. The minimum absolute atomic E-state index is 0.0521. The first-order valence-corrected chi connectivity index (χ1v) is 12.8. The molecule has 1 aliphatic heterocycles. The van der Waals surface area contributed by atoms with Crippen LogP contribution in [0.2, 0.25) is 0 Å². The number of amides is 1. The second kappa shape index (κ2) is 9.90. The predicted octanol–water partition coefficient (Wildman–Crippen LogP) is 5.49. The van der Waals surface area contributed by atoms with Crippen molar-refractivity contribution >= 4 is 33.7 Å². The Morgan fingerprint density at radius 1 is 1.11 bits per heavy atom.